The Labute approximate surface area is 205 Å². The molecule has 0 amide bonds. The van der Waals surface area contributed by atoms with E-state index in [9.17, 15) is 9.59 Å². The van der Waals surface area contributed by atoms with Gasteiger partial charge in [0.2, 0.25) is 0 Å². The Hall–Kier alpha value is -4.96. The topological polar surface area (TPSA) is 52.6 Å². The zero-order chi connectivity index (χ0) is 24.0. The van der Waals surface area contributed by atoms with Crippen LogP contribution in [-0.4, -0.2) is 11.9 Å². The molecular weight excluding hydrogens is 448 g/mol. The summed E-state index contributed by atoms with van der Waals surface area (Å²) in [5, 5.41) is 7.40. The number of carbonyl (C=O) groups is 2. The van der Waals surface area contributed by atoms with Gasteiger partial charge in [-0.25, -0.2) is 9.59 Å². The van der Waals surface area contributed by atoms with Crippen molar-refractivity contribution in [3.63, 3.8) is 0 Å². The maximum absolute atomic E-state index is 13.6. The minimum absolute atomic E-state index is 0.260. The van der Waals surface area contributed by atoms with Gasteiger partial charge in [-0.2, -0.15) is 0 Å². The van der Waals surface area contributed by atoms with E-state index >= 15 is 0 Å². The first-order valence-electron chi connectivity index (χ1n) is 11.8. The van der Waals surface area contributed by atoms with Crippen molar-refractivity contribution in [1.29, 1.82) is 0 Å². The number of fused-ring (bicyclic) bond motifs is 12. The van der Waals surface area contributed by atoms with Gasteiger partial charge in [0.25, 0.3) is 0 Å². The van der Waals surface area contributed by atoms with Gasteiger partial charge in [-0.05, 0) is 32.3 Å². The standard InChI is InChI=1S/C32H16O4/c33-31-27(25-21-13-5-1-9-17(21)19-11-3-7-15-23(19)29(25)35-31)28-26-22-14-6-2-10-18(22)20-12-4-8-16-24(20)30(26)36-32(28)34/h1-16H. The van der Waals surface area contributed by atoms with Crippen LogP contribution in [0.4, 0.5) is 0 Å². The molecule has 0 atom stereocenters. The van der Waals surface area contributed by atoms with E-state index in [1.165, 1.54) is 0 Å². The average molecular weight is 464 g/mol. The molecule has 2 aliphatic heterocycles. The summed E-state index contributed by atoms with van der Waals surface area (Å²) in [4.78, 5) is 27.1. The van der Waals surface area contributed by atoms with Gasteiger partial charge in [0, 0.05) is 21.9 Å². The number of hydrogen-bond acceptors (Lipinski definition) is 4. The first-order valence-corrected chi connectivity index (χ1v) is 11.8. The third-order valence-corrected chi connectivity index (χ3v) is 7.32. The quantitative estimate of drug-likeness (QED) is 0.105. The van der Waals surface area contributed by atoms with Crippen molar-refractivity contribution in [2.45, 2.75) is 0 Å². The van der Waals surface area contributed by atoms with Crippen molar-refractivity contribution >= 4 is 66.2 Å². The molecule has 4 nitrogen and oxygen atoms in total. The lowest BCUT2D eigenvalue weighted by Gasteiger charge is -2.11. The molecule has 6 aromatic carbocycles. The van der Waals surface area contributed by atoms with E-state index in [2.05, 4.69) is 0 Å². The average Bonchev–Trinajstić information content (AvgIpc) is 3.45. The number of ether oxygens (including phenoxy) is 2. The van der Waals surface area contributed by atoms with Crippen LogP contribution in [0.3, 0.4) is 0 Å². The largest absolute Gasteiger partial charge is 0.422 e. The van der Waals surface area contributed by atoms with Gasteiger partial charge in [-0.15, -0.1) is 0 Å². The van der Waals surface area contributed by atoms with E-state index in [1.54, 1.807) is 0 Å². The lowest BCUT2D eigenvalue weighted by molar-refractivity contribution is -0.128. The van der Waals surface area contributed by atoms with Crippen LogP contribution in [-0.2, 0) is 9.59 Å². The van der Waals surface area contributed by atoms with Crippen molar-refractivity contribution in [3.05, 3.63) is 108 Å². The predicted molar refractivity (Wildman–Crippen MR) is 141 cm³/mol. The summed E-state index contributed by atoms with van der Waals surface area (Å²) in [6, 6.07) is 31.6. The minimum atomic E-state index is -0.538. The molecule has 0 saturated heterocycles. The van der Waals surface area contributed by atoms with Gasteiger partial charge in [0.05, 0.1) is 11.1 Å². The van der Waals surface area contributed by atoms with Gasteiger partial charge in [-0.1, -0.05) is 97.1 Å². The molecule has 0 unspecified atom stereocenters. The van der Waals surface area contributed by atoms with E-state index in [4.69, 9.17) is 9.47 Å². The fraction of sp³-hybridized carbons (Fsp3) is 0. The SMILES string of the molecule is O=C1Oc2c(c3ccccc3c3ccccc23)C1=C1C(=O)Oc2c1c1ccccc1c1ccccc21. The Morgan fingerprint density at radius 3 is 1.00 bits per heavy atom. The molecule has 0 fully saturated rings. The van der Waals surface area contributed by atoms with Crippen molar-refractivity contribution in [3.8, 4) is 11.5 Å². The molecule has 36 heavy (non-hydrogen) atoms. The third kappa shape index (κ3) is 2.33. The van der Waals surface area contributed by atoms with Gasteiger partial charge in [0.1, 0.15) is 11.5 Å². The predicted octanol–water partition coefficient (Wildman–Crippen LogP) is 7.05. The molecule has 2 heterocycles. The zero-order valence-electron chi connectivity index (χ0n) is 18.9. The molecule has 0 aliphatic carbocycles. The van der Waals surface area contributed by atoms with Crippen molar-refractivity contribution in [2.24, 2.45) is 0 Å². The van der Waals surface area contributed by atoms with Crippen LogP contribution < -0.4 is 9.47 Å². The molecule has 6 aromatic rings. The highest BCUT2D eigenvalue weighted by Crippen LogP contribution is 2.53. The van der Waals surface area contributed by atoms with Crippen molar-refractivity contribution in [1.82, 2.24) is 0 Å². The van der Waals surface area contributed by atoms with Crippen molar-refractivity contribution in [2.75, 3.05) is 0 Å². The monoisotopic (exact) mass is 464 g/mol. The highest BCUT2D eigenvalue weighted by molar-refractivity contribution is 6.46. The summed E-state index contributed by atoms with van der Waals surface area (Å²) >= 11 is 0. The van der Waals surface area contributed by atoms with Crippen molar-refractivity contribution < 1.29 is 19.1 Å². The Kier molecular flexibility index (Phi) is 3.66. The highest BCUT2D eigenvalue weighted by Gasteiger charge is 2.41. The van der Waals surface area contributed by atoms with E-state index in [1.807, 2.05) is 97.1 Å². The Balaban J connectivity index is 1.59. The Bertz CT molecular complexity index is 1880. The van der Waals surface area contributed by atoms with Crippen LogP contribution in [0.25, 0.3) is 54.2 Å². The van der Waals surface area contributed by atoms with E-state index in [0.717, 1.165) is 43.1 Å². The number of esters is 2. The van der Waals surface area contributed by atoms with E-state index in [-0.39, 0.29) is 11.1 Å². The maximum Gasteiger partial charge on any atom is 0.345 e. The first kappa shape index (κ1) is 19.4. The van der Waals surface area contributed by atoms with E-state index < -0.39 is 11.9 Å². The fourth-order valence-electron chi connectivity index (χ4n) is 5.87. The minimum Gasteiger partial charge on any atom is -0.422 e. The molecule has 0 bridgehead atoms. The second-order valence-corrected chi connectivity index (χ2v) is 9.12. The normalized spacial score (nSPS) is 16.6. The summed E-state index contributed by atoms with van der Waals surface area (Å²) in [5.41, 5.74) is 1.81. The van der Waals surface area contributed by atoms with Crippen LogP contribution in [0, 0.1) is 0 Å². The molecule has 0 radical (unpaired) electrons. The lowest BCUT2D eigenvalue weighted by atomic mass is 9.87. The van der Waals surface area contributed by atoms with Crippen LogP contribution >= 0.6 is 0 Å². The Morgan fingerprint density at radius 2 is 0.639 bits per heavy atom. The van der Waals surface area contributed by atoms with Crippen LogP contribution in [0.15, 0.2) is 97.1 Å². The number of benzene rings is 6. The van der Waals surface area contributed by atoms with Gasteiger partial charge in [-0.3, -0.25) is 0 Å². The fourth-order valence-corrected chi connectivity index (χ4v) is 5.87. The van der Waals surface area contributed by atoms with E-state index in [0.29, 0.717) is 22.6 Å². The summed E-state index contributed by atoms with van der Waals surface area (Å²) in [5.74, 6) is -0.0987. The smallest absolute Gasteiger partial charge is 0.345 e. The highest BCUT2D eigenvalue weighted by atomic mass is 16.5. The van der Waals surface area contributed by atoms with Gasteiger partial charge in [0.15, 0.2) is 0 Å². The zero-order valence-corrected chi connectivity index (χ0v) is 18.9. The molecule has 2 aliphatic rings. The summed E-state index contributed by atoms with van der Waals surface area (Å²) in [6.45, 7) is 0. The number of carbonyl (C=O) groups excluding carboxylic acids is 2. The molecule has 0 aromatic heterocycles. The third-order valence-electron chi connectivity index (χ3n) is 7.32. The molecular formula is C32H16O4. The number of rotatable bonds is 0. The summed E-state index contributed by atoms with van der Waals surface area (Å²) in [6.07, 6.45) is 0. The molecule has 168 valence electrons. The number of hydrogen-bond donors (Lipinski definition) is 0. The van der Waals surface area contributed by atoms with Gasteiger partial charge >= 0.3 is 11.9 Å². The molecule has 0 spiro atoms. The van der Waals surface area contributed by atoms with Gasteiger partial charge < -0.3 is 9.47 Å². The van der Waals surface area contributed by atoms with Crippen LogP contribution in [0.1, 0.15) is 11.1 Å². The van der Waals surface area contributed by atoms with Crippen LogP contribution in [0.2, 0.25) is 0 Å². The maximum atomic E-state index is 13.6. The Morgan fingerprint density at radius 1 is 0.361 bits per heavy atom. The summed E-state index contributed by atoms with van der Waals surface area (Å²) in [7, 11) is 0. The second kappa shape index (κ2) is 6.80. The molecule has 8 rings (SSSR count). The first-order chi connectivity index (χ1) is 17.7. The lowest BCUT2D eigenvalue weighted by Crippen LogP contribution is -2.08. The second-order valence-electron chi connectivity index (χ2n) is 9.12. The van der Waals surface area contributed by atoms with Crippen LogP contribution in [0.5, 0.6) is 11.5 Å². The molecule has 0 N–H and O–H groups in total. The molecule has 0 saturated carbocycles. The summed E-state index contributed by atoms with van der Waals surface area (Å²) < 4.78 is 11.8. The molecule has 4 heteroatoms.